The molecule has 1 N–H and O–H groups in total. The molecule has 126 valence electrons. The van der Waals surface area contributed by atoms with Gasteiger partial charge in [0.1, 0.15) is 11.5 Å². The van der Waals surface area contributed by atoms with Crippen molar-refractivity contribution in [3.8, 4) is 11.5 Å². The van der Waals surface area contributed by atoms with E-state index in [-0.39, 0.29) is 5.91 Å². The predicted octanol–water partition coefficient (Wildman–Crippen LogP) is 4.89. The van der Waals surface area contributed by atoms with Gasteiger partial charge in [0.05, 0.1) is 30.5 Å². The third kappa shape index (κ3) is 4.24. The zero-order chi connectivity index (χ0) is 17.5. The second kappa shape index (κ2) is 8.66. The van der Waals surface area contributed by atoms with E-state index < -0.39 is 0 Å². The molecule has 0 aliphatic rings. The molecule has 0 radical (unpaired) electrons. The van der Waals surface area contributed by atoms with E-state index >= 15 is 0 Å². The van der Waals surface area contributed by atoms with Gasteiger partial charge in [0.25, 0.3) is 5.91 Å². The fraction of sp³-hybridized carbons (Fsp3) is 0.167. The number of carbonyl (C=O) groups excluding carboxylic acids is 1. The molecule has 2 aromatic carbocycles. The highest BCUT2D eigenvalue weighted by Gasteiger charge is 2.16. The van der Waals surface area contributed by atoms with Gasteiger partial charge in [-0.3, -0.25) is 4.79 Å². The van der Waals surface area contributed by atoms with Gasteiger partial charge >= 0.3 is 0 Å². The zero-order valence-electron chi connectivity index (χ0n) is 13.5. The molecule has 24 heavy (non-hydrogen) atoms. The summed E-state index contributed by atoms with van der Waals surface area (Å²) < 4.78 is 10.5. The van der Waals surface area contributed by atoms with Gasteiger partial charge < -0.3 is 14.8 Å². The van der Waals surface area contributed by atoms with Gasteiger partial charge in [0, 0.05) is 22.8 Å². The van der Waals surface area contributed by atoms with Crippen LogP contribution in [0.1, 0.15) is 10.4 Å². The normalized spacial score (nSPS) is 10.1. The summed E-state index contributed by atoms with van der Waals surface area (Å²) in [6.07, 6.45) is 1.80. The van der Waals surface area contributed by atoms with E-state index in [1.165, 1.54) is 14.2 Å². The summed E-state index contributed by atoms with van der Waals surface area (Å²) in [6.45, 7) is 3.70. The lowest BCUT2D eigenvalue weighted by molar-refractivity contribution is 0.102. The monoisotopic (exact) mass is 363 g/mol. The van der Waals surface area contributed by atoms with E-state index in [1.54, 1.807) is 36.0 Å². The SMILES string of the molecule is C=CCSc1ccccc1C(=O)Nc1cc(OC)c(Cl)cc1OC. The van der Waals surface area contributed by atoms with E-state index in [9.17, 15) is 4.79 Å². The molecule has 0 aromatic heterocycles. The Morgan fingerprint density at radius 1 is 1.25 bits per heavy atom. The molecule has 0 bridgehead atoms. The Morgan fingerprint density at radius 3 is 2.62 bits per heavy atom. The Kier molecular flexibility index (Phi) is 6.58. The molecular formula is C18H18ClNO3S. The molecule has 2 rings (SSSR count). The number of hydrogen-bond donors (Lipinski definition) is 1. The summed E-state index contributed by atoms with van der Waals surface area (Å²) in [4.78, 5) is 13.6. The average Bonchev–Trinajstić information content (AvgIpc) is 2.61. The maximum atomic E-state index is 12.7. The number of nitrogens with one attached hydrogen (secondary N) is 1. The van der Waals surface area contributed by atoms with Crippen LogP contribution in [0.4, 0.5) is 5.69 Å². The first kappa shape index (κ1) is 18.2. The second-order valence-electron chi connectivity index (χ2n) is 4.74. The van der Waals surface area contributed by atoms with Crippen LogP contribution in [0.2, 0.25) is 5.02 Å². The van der Waals surface area contributed by atoms with Crippen molar-refractivity contribution in [1.82, 2.24) is 0 Å². The van der Waals surface area contributed by atoms with E-state index in [1.807, 2.05) is 18.2 Å². The van der Waals surface area contributed by atoms with Gasteiger partial charge in [-0.15, -0.1) is 18.3 Å². The molecule has 6 heteroatoms. The molecule has 0 aliphatic heterocycles. The van der Waals surface area contributed by atoms with Gasteiger partial charge in [-0.2, -0.15) is 0 Å². The van der Waals surface area contributed by atoms with Crippen molar-refractivity contribution < 1.29 is 14.3 Å². The molecule has 4 nitrogen and oxygen atoms in total. The minimum atomic E-state index is -0.232. The Labute approximate surface area is 150 Å². The molecular weight excluding hydrogens is 346 g/mol. The van der Waals surface area contributed by atoms with Gasteiger partial charge in [-0.25, -0.2) is 0 Å². The van der Waals surface area contributed by atoms with Crippen molar-refractivity contribution in [3.63, 3.8) is 0 Å². The Balaban J connectivity index is 2.31. The van der Waals surface area contributed by atoms with Gasteiger partial charge in [-0.1, -0.05) is 29.8 Å². The first-order chi connectivity index (χ1) is 11.6. The minimum absolute atomic E-state index is 0.232. The molecule has 0 saturated carbocycles. The van der Waals surface area contributed by atoms with E-state index in [4.69, 9.17) is 21.1 Å². The van der Waals surface area contributed by atoms with Crippen LogP contribution >= 0.6 is 23.4 Å². The van der Waals surface area contributed by atoms with Crippen LogP contribution in [0.3, 0.4) is 0 Å². The lowest BCUT2D eigenvalue weighted by Crippen LogP contribution is -2.14. The van der Waals surface area contributed by atoms with Gasteiger partial charge in [-0.05, 0) is 12.1 Å². The predicted molar refractivity (Wildman–Crippen MR) is 99.9 cm³/mol. The minimum Gasteiger partial charge on any atom is -0.495 e. The highest BCUT2D eigenvalue weighted by molar-refractivity contribution is 7.99. The lowest BCUT2D eigenvalue weighted by atomic mass is 10.2. The third-order valence-electron chi connectivity index (χ3n) is 3.21. The molecule has 0 fully saturated rings. The number of hydrogen-bond acceptors (Lipinski definition) is 4. The maximum absolute atomic E-state index is 12.7. The van der Waals surface area contributed by atoms with Crippen molar-refractivity contribution in [1.29, 1.82) is 0 Å². The van der Waals surface area contributed by atoms with Gasteiger partial charge in [0.15, 0.2) is 0 Å². The number of amides is 1. The van der Waals surface area contributed by atoms with Crippen molar-refractivity contribution in [2.45, 2.75) is 4.90 Å². The molecule has 0 saturated heterocycles. The van der Waals surface area contributed by atoms with Crippen LogP contribution in [-0.2, 0) is 0 Å². The van der Waals surface area contributed by atoms with E-state index in [0.29, 0.717) is 27.8 Å². The zero-order valence-corrected chi connectivity index (χ0v) is 15.0. The highest BCUT2D eigenvalue weighted by atomic mass is 35.5. The fourth-order valence-electron chi connectivity index (χ4n) is 2.08. The van der Waals surface area contributed by atoms with E-state index in [2.05, 4.69) is 11.9 Å². The summed E-state index contributed by atoms with van der Waals surface area (Å²) in [5.41, 5.74) is 1.08. The number of ether oxygens (including phenoxy) is 2. The summed E-state index contributed by atoms with van der Waals surface area (Å²) in [5.74, 6) is 1.42. The number of halogens is 1. The largest absolute Gasteiger partial charge is 0.495 e. The Hall–Kier alpha value is -2.11. The van der Waals surface area contributed by atoms with Crippen molar-refractivity contribution >= 4 is 35.0 Å². The topological polar surface area (TPSA) is 47.6 Å². The van der Waals surface area contributed by atoms with Crippen molar-refractivity contribution in [2.24, 2.45) is 0 Å². The first-order valence-corrected chi connectivity index (χ1v) is 8.52. The third-order valence-corrected chi connectivity index (χ3v) is 4.58. The number of thioether (sulfide) groups is 1. The van der Waals surface area contributed by atoms with Gasteiger partial charge in [0.2, 0.25) is 0 Å². The quantitative estimate of drug-likeness (QED) is 0.562. The standard InChI is InChI=1S/C18H18ClNO3S/c1-4-9-24-17-8-6-5-7-12(17)18(21)20-14-11-15(22-2)13(19)10-16(14)23-3/h4-8,10-11H,1,9H2,2-3H3,(H,20,21). The Morgan fingerprint density at radius 2 is 1.96 bits per heavy atom. The van der Waals surface area contributed by atoms with Crippen molar-refractivity contribution in [3.05, 3.63) is 59.6 Å². The summed E-state index contributed by atoms with van der Waals surface area (Å²) in [5, 5.41) is 3.27. The number of methoxy groups -OCH3 is 2. The molecule has 0 spiro atoms. The Bertz CT molecular complexity index is 749. The lowest BCUT2D eigenvalue weighted by Gasteiger charge is -2.14. The smallest absolute Gasteiger partial charge is 0.256 e. The summed E-state index contributed by atoms with van der Waals surface area (Å²) in [7, 11) is 3.03. The molecule has 0 unspecified atom stereocenters. The van der Waals surface area contributed by atoms with Crippen LogP contribution in [0.25, 0.3) is 0 Å². The van der Waals surface area contributed by atoms with Crippen LogP contribution in [0.15, 0.2) is 53.9 Å². The molecule has 0 heterocycles. The second-order valence-corrected chi connectivity index (χ2v) is 6.21. The number of anilines is 1. The van der Waals surface area contributed by atoms with Crippen molar-refractivity contribution in [2.75, 3.05) is 25.3 Å². The number of rotatable bonds is 7. The van der Waals surface area contributed by atoms with E-state index in [0.717, 1.165) is 10.6 Å². The van der Waals surface area contributed by atoms with Crippen LogP contribution in [0, 0.1) is 0 Å². The average molecular weight is 364 g/mol. The number of carbonyl (C=O) groups is 1. The summed E-state index contributed by atoms with van der Waals surface area (Å²) in [6, 6.07) is 10.6. The number of benzene rings is 2. The maximum Gasteiger partial charge on any atom is 0.256 e. The highest BCUT2D eigenvalue weighted by Crippen LogP contribution is 2.36. The molecule has 0 atom stereocenters. The summed E-state index contributed by atoms with van der Waals surface area (Å²) >= 11 is 7.64. The first-order valence-electron chi connectivity index (χ1n) is 7.16. The van der Waals surface area contributed by atoms with Crippen LogP contribution in [0.5, 0.6) is 11.5 Å². The molecule has 2 aromatic rings. The molecule has 1 amide bonds. The fourth-order valence-corrected chi connectivity index (χ4v) is 3.10. The van der Waals surface area contributed by atoms with Crippen LogP contribution in [-0.4, -0.2) is 25.9 Å². The van der Waals surface area contributed by atoms with Crippen LogP contribution < -0.4 is 14.8 Å². The molecule has 0 aliphatic carbocycles.